The fraction of sp³-hybridized carbons (Fsp3) is 0.667. The maximum Gasteiger partial charge on any atom is 0.157 e. The largest absolute Gasteiger partial charge is 0.489 e. The molecule has 0 aliphatic carbocycles. The molecular formula is C9H18N4O. The van der Waals surface area contributed by atoms with Gasteiger partial charge in [0.25, 0.3) is 0 Å². The molecule has 0 fully saturated rings. The highest BCUT2D eigenvalue weighted by molar-refractivity contribution is 5.11. The van der Waals surface area contributed by atoms with Gasteiger partial charge >= 0.3 is 0 Å². The molecule has 5 heteroatoms. The number of likely N-dealkylation sites (N-methyl/N-ethyl adjacent to an activating group) is 1. The van der Waals surface area contributed by atoms with E-state index in [1.165, 1.54) is 0 Å². The molecule has 1 aromatic heterocycles. The Hall–Kier alpha value is -1.07. The van der Waals surface area contributed by atoms with Crippen molar-refractivity contribution in [1.29, 1.82) is 0 Å². The second-order valence-electron chi connectivity index (χ2n) is 3.38. The Labute approximate surface area is 84.4 Å². The normalized spacial score (nSPS) is 10.9. The van der Waals surface area contributed by atoms with Gasteiger partial charge in [-0.15, -0.1) is 0 Å². The van der Waals surface area contributed by atoms with Gasteiger partial charge in [-0.05, 0) is 14.1 Å². The molecule has 5 nitrogen and oxygen atoms in total. The number of ether oxygens (including phenoxy) is 1. The van der Waals surface area contributed by atoms with Crippen molar-refractivity contribution in [3.05, 3.63) is 12.4 Å². The summed E-state index contributed by atoms with van der Waals surface area (Å²) in [6.07, 6.45) is 3.58. The third kappa shape index (κ3) is 3.76. The Kier molecular flexibility index (Phi) is 4.42. The van der Waals surface area contributed by atoms with Gasteiger partial charge in [0.2, 0.25) is 0 Å². The second kappa shape index (κ2) is 5.62. The van der Waals surface area contributed by atoms with Crippen LogP contribution in [0.4, 0.5) is 0 Å². The lowest BCUT2D eigenvalue weighted by molar-refractivity contribution is 0.261. The maximum absolute atomic E-state index is 5.48. The van der Waals surface area contributed by atoms with Crippen LogP contribution in [0.2, 0.25) is 0 Å². The molecule has 0 saturated carbocycles. The number of nitrogens with two attached hydrogens (primary N) is 1. The first-order valence-corrected chi connectivity index (χ1v) is 4.72. The second-order valence-corrected chi connectivity index (χ2v) is 3.38. The van der Waals surface area contributed by atoms with E-state index in [-0.39, 0.29) is 0 Å². The Morgan fingerprint density at radius 3 is 3.00 bits per heavy atom. The summed E-state index contributed by atoms with van der Waals surface area (Å²) in [5, 5.41) is 4.10. The summed E-state index contributed by atoms with van der Waals surface area (Å²) in [7, 11) is 4.03. The predicted molar refractivity (Wildman–Crippen MR) is 55.3 cm³/mol. The highest BCUT2D eigenvalue weighted by Crippen LogP contribution is 2.07. The summed E-state index contributed by atoms with van der Waals surface area (Å²) in [5.41, 5.74) is 5.40. The molecule has 0 amide bonds. The van der Waals surface area contributed by atoms with Gasteiger partial charge in [0.1, 0.15) is 6.61 Å². The predicted octanol–water partition coefficient (Wildman–Crippen LogP) is -0.218. The molecular weight excluding hydrogens is 180 g/mol. The molecule has 0 saturated heterocycles. The highest BCUT2D eigenvalue weighted by atomic mass is 16.5. The van der Waals surface area contributed by atoms with Gasteiger partial charge in [0, 0.05) is 13.1 Å². The molecule has 0 unspecified atom stereocenters. The molecule has 1 heterocycles. The van der Waals surface area contributed by atoms with Crippen molar-refractivity contribution in [3.8, 4) is 5.75 Å². The van der Waals surface area contributed by atoms with E-state index >= 15 is 0 Å². The Morgan fingerprint density at radius 2 is 2.36 bits per heavy atom. The lowest BCUT2D eigenvalue weighted by Crippen LogP contribution is -2.19. The molecule has 0 aliphatic rings. The molecule has 0 atom stereocenters. The fourth-order valence-corrected chi connectivity index (χ4v) is 1.02. The van der Waals surface area contributed by atoms with Crippen LogP contribution in [0.1, 0.15) is 0 Å². The van der Waals surface area contributed by atoms with Crippen molar-refractivity contribution in [2.45, 2.75) is 6.54 Å². The van der Waals surface area contributed by atoms with E-state index in [0.717, 1.165) is 18.8 Å². The van der Waals surface area contributed by atoms with Crippen molar-refractivity contribution in [2.75, 3.05) is 33.8 Å². The zero-order valence-corrected chi connectivity index (χ0v) is 8.81. The summed E-state index contributed by atoms with van der Waals surface area (Å²) in [5.74, 6) is 0.806. The van der Waals surface area contributed by atoms with Crippen LogP contribution in [0.15, 0.2) is 12.4 Å². The molecule has 0 spiro atoms. The van der Waals surface area contributed by atoms with E-state index in [4.69, 9.17) is 10.5 Å². The molecule has 80 valence electrons. The summed E-state index contributed by atoms with van der Waals surface area (Å²) in [6, 6.07) is 0. The average molecular weight is 198 g/mol. The van der Waals surface area contributed by atoms with Crippen LogP contribution in [0.3, 0.4) is 0 Å². The van der Waals surface area contributed by atoms with Crippen LogP contribution in [0, 0.1) is 0 Å². The van der Waals surface area contributed by atoms with E-state index in [9.17, 15) is 0 Å². The topological polar surface area (TPSA) is 56.3 Å². The van der Waals surface area contributed by atoms with Gasteiger partial charge in [-0.1, -0.05) is 0 Å². The SMILES string of the molecule is CN(C)CCOc1cnn(CCN)c1. The van der Waals surface area contributed by atoms with Crippen LogP contribution in [0.5, 0.6) is 5.75 Å². The Bertz CT molecular complexity index is 259. The number of aromatic nitrogens is 2. The minimum atomic E-state index is 0.596. The smallest absolute Gasteiger partial charge is 0.157 e. The number of nitrogens with zero attached hydrogens (tertiary/aromatic N) is 3. The molecule has 1 aromatic rings. The van der Waals surface area contributed by atoms with Gasteiger partial charge in [-0.2, -0.15) is 5.10 Å². The summed E-state index contributed by atoms with van der Waals surface area (Å²) in [4.78, 5) is 2.07. The zero-order chi connectivity index (χ0) is 10.4. The van der Waals surface area contributed by atoms with Gasteiger partial charge in [-0.3, -0.25) is 4.68 Å². The third-order valence-electron chi connectivity index (χ3n) is 1.77. The van der Waals surface area contributed by atoms with E-state index < -0.39 is 0 Å². The standard InChI is InChI=1S/C9H18N4O/c1-12(2)5-6-14-9-7-11-13(8-9)4-3-10/h7-8H,3-6,10H2,1-2H3. The molecule has 0 aromatic carbocycles. The Morgan fingerprint density at radius 1 is 1.57 bits per heavy atom. The first kappa shape index (κ1) is 11.0. The van der Waals surface area contributed by atoms with Crippen LogP contribution in [-0.2, 0) is 6.54 Å². The maximum atomic E-state index is 5.48. The summed E-state index contributed by atoms with van der Waals surface area (Å²) < 4.78 is 7.26. The summed E-state index contributed by atoms with van der Waals surface area (Å²) in [6.45, 7) is 2.92. The third-order valence-corrected chi connectivity index (χ3v) is 1.77. The van der Waals surface area contributed by atoms with E-state index in [1.54, 1.807) is 10.9 Å². The van der Waals surface area contributed by atoms with Crippen LogP contribution in [0.25, 0.3) is 0 Å². The van der Waals surface area contributed by atoms with Gasteiger partial charge in [0.05, 0.1) is 18.9 Å². The first-order valence-electron chi connectivity index (χ1n) is 4.72. The van der Waals surface area contributed by atoms with Crippen molar-refractivity contribution < 1.29 is 4.74 Å². The van der Waals surface area contributed by atoms with Crippen molar-refractivity contribution in [1.82, 2.24) is 14.7 Å². The van der Waals surface area contributed by atoms with E-state index in [0.29, 0.717) is 13.2 Å². The minimum absolute atomic E-state index is 0.596. The molecule has 0 radical (unpaired) electrons. The summed E-state index contributed by atoms with van der Waals surface area (Å²) >= 11 is 0. The Balaban J connectivity index is 2.28. The quantitative estimate of drug-likeness (QED) is 0.686. The lowest BCUT2D eigenvalue weighted by Gasteiger charge is -2.09. The van der Waals surface area contributed by atoms with Crippen molar-refractivity contribution in [2.24, 2.45) is 5.73 Å². The van der Waals surface area contributed by atoms with Crippen molar-refractivity contribution >= 4 is 0 Å². The zero-order valence-electron chi connectivity index (χ0n) is 8.81. The van der Waals surface area contributed by atoms with Crippen LogP contribution in [-0.4, -0.2) is 48.5 Å². The fourth-order valence-electron chi connectivity index (χ4n) is 1.02. The van der Waals surface area contributed by atoms with E-state index in [1.807, 2.05) is 20.3 Å². The van der Waals surface area contributed by atoms with Crippen LogP contribution < -0.4 is 10.5 Å². The lowest BCUT2D eigenvalue weighted by atomic mass is 10.6. The van der Waals surface area contributed by atoms with Crippen LogP contribution >= 0.6 is 0 Å². The van der Waals surface area contributed by atoms with Gasteiger partial charge in [-0.25, -0.2) is 0 Å². The first-order chi connectivity index (χ1) is 6.72. The molecule has 1 rings (SSSR count). The van der Waals surface area contributed by atoms with Gasteiger partial charge in [0.15, 0.2) is 5.75 Å². The molecule has 0 aliphatic heterocycles. The number of hydrogen-bond donors (Lipinski definition) is 1. The van der Waals surface area contributed by atoms with Gasteiger partial charge < -0.3 is 15.4 Å². The number of rotatable bonds is 6. The average Bonchev–Trinajstić information content (AvgIpc) is 2.53. The van der Waals surface area contributed by atoms with E-state index in [2.05, 4.69) is 10.00 Å². The number of hydrogen-bond acceptors (Lipinski definition) is 4. The minimum Gasteiger partial charge on any atom is -0.489 e. The van der Waals surface area contributed by atoms with Crippen molar-refractivity contribution in [3.63, 3.8) is 0 Å². The highest BCUT2D eigenvalue weighted by Gasteiger charge is 1.98. The molecule has 14 heavy (non-hydrogen) atoms. The molecule has 0 bridgehead atoms. The molecule has 2 N–H and O–H groups in total. The monoisotopic (exact) mass is 198 g/mol.